The summed E-state index contributed by atoms with van der Waals surface area (Å²) >= 11 is 0. The summed E-state index contributed by atoms with van der Waals surface area (Å²) in [7, 11) is -2.62. The van der Waals surface area contributed by atoms with Crippen molar-refractivity contribution in [1.82, 2.24) is 0 Å². The topological polar surface area (TPSA) is 97.4 Å². The molecule has 9 heteroatoms. The second-order valence-corrected chi connectivity index (χ2v) is 8.34. The van der Waals surface area contributed by atoms with E-state index in [9.17, 15) is 13.2 Å². The third-order valence-electron chi connectivity index (χ3n) is 4.25. The molecular formula is C17H22O8S. The molecule has 0 radical (unpaired) electrons. The first-order valence-corrected chi connectivity index (χ1v) is 9.56. The average Bonchev–Trinajstić information content (AvgIpc) is 3.04. The maximum atomic E-state index is 12.4. The maximum absolute atomic E-state index is 12.4. The molecule has 3 rings (SSSR count). The van der Waals surface area contributed by atoms with Crippen LogP contribution in [0.4, 0.5) is 0 Å². The lowest BCUT2D eigenvalue weighted by Gasteiger charge is -2.24. The maximum Gasteiger partial charge on any atom is 0.297 e. The first-order valence-electron chi connectivity index (χ1n) is 8.16. The molecule has 0 N–H and O–H groups in total. The van der Waals surface area contributed by atoms with E-state index in [0.717, 1.165) is 5.56 Å². The number of carbonyl (C=O) groups is 1. The predicted molar refractivity (Wildman–Crippen MR) is 88.8 cm³/mol. The van der Waals surface area contributed by atoms with Crippen molar-refractivity contribution in [3.63, 3.8) is 0 Å². The highest BCUT2D eigenvalue weighted by Crippen LogP contribution is 2.38. The van der Waals surface area contributed by atoms with E-state index < -0.39 is 52.9 Å². The molecule has 8 nitrogen and oxygen atoms in total. The van der Waals surface area contributed by atoms with Gasteiger partial charge in [-0.05, 0) is 32.9 Å². The van der Waals surface area contributed by atoms with Gasteiger partial charge in [0.2, 0.25) is 0 Å². The summed E-state index contributed by atoms with van der Waals surface area (Å²) in [5.74, 6) is -1.40. The van der Waals surface area contributed by atoms with Crippen molar-refractivity contribution in [2.45, 2.75) is 56.1 Å². The van der Waals surface area contributed by atoms with Crippen molar-refractivity contribution in [3.8, 4) is 0 Å². The van der Waals surface area contributed by atoms with E-state index in [1.165, 1.54) is 19.2 Å². The highest BCUT2D eigenvalue weighted by atomic mass is 32.2. The first-order chi connectivity index (χ1) is 12.1. The Labute approximate surface area is 152 Å². The predicted octanol–water partition coefficient (Wildman–Crippen LogP) is 1.16. The lowest BCUT2D eigenvalue weighted by molar-refractivity contribution is -0.216. The number of methoxy groups -OCH3 is 1. The van der Waals surface area contributed by atoms with E-state index in [4.69, 9.17) is 23.1 Å². The summed E-state index contributed by atoms with van der Waals surface area (Å²) < 4.78 is 51.5. The van der Waals surface area contributed by atoms with Gasteiger partial charge >= 0.3 is 0 Å². The fourth-order valence-electron chi connectivity index (χ4n) is 2.99. The second kappa shape index (κ2) is 6.99. The zero-order valence-electron chi connectivity index (χ0n) is 15.0. The molecule has 144 valence electrons. The number of aryl methyl sites for hydroxylation is 1. The number of Topliss-reactive ketones (excluding diaryl/α,β-unsaturated/α-hetero) is 1. The molecule has 1 aromatic carbocycles. The quantitative estimate of drug-likeness (QED) is 0.672. The Morgan fingerprint density at radius 1 is 1.19 bits per heavy atom. The van der Waals surface area contributed by atoms with Crippen molar-refractivity contribution < 1.29 is 36.3 Å². The largest absolute Gasteiger partial charge is 0.375 e. The number of fused-ring (bicyclic) bond motifs is 1. The van der Waals surface area contributed by atoms with E-state index in [2.05, 4.69) is 0 Å². The lowest BCUT2D eigenvalue weighted by atomic mass is 10.1. The molecule has 2 heterocycles. The van der Waals surface area contributed by atoms with E-state index in [1.54, 1.807) is 26.0 Å². The fourth-order valence-corrected chi connectivity index (χ4v) is 3.86. The molecule has 2 saturated heterocycles. The van der Waals surface area contributed by atoms with Gasteiger partial charge in [-0.1, -0.05) is 17.7 Å². The molecule has 0 bridgehead atoms. The van der Waals surface area contributed by atoms with Crippen molar-refractivity contribution in [1.29, 1.82) is 0 Å². The van der Waals surface area contributed by atoms with Gasteiger partial charge in [-0.25, -0.2) is 0 Å². The zero-order valence-corrected chi connectivity index (χ0v) is 15.8. The lowest BCUT2D eigenvalue weighted by Crippen LogP contribution is -2.41. The Kier molecular flexibility index (Phi) is 5.22. The minimum Gasteiger partial charge on any atom is -0.375 e. The summed E-state index contributed by atoms with van der Waals surface area (Å²) in [6, 6.07) is 6.15. The van der Waals surface area contributed by atoms with Crippen LogP contribution in [-0.4, -0.2) is 58.3 Å². The average molecular weight is 386 g/mol. The number of ether oxygens (including phenoxy) is 4. The summed E-state index contributed by atoms with van der Waals surface area (Å²) in [5, 5.41) is 0. The van der Waals surface area contributed by atoms with Gasteiger partial charge in [0.1, 0.15) is 18.8 Å². The van der Waals surface area contributed by atoms with Crippen LogP contribution in [0, 0.1) is 6.92 Å². The van der Waals surface area contributed by atoms with Gasteiger partial charge in [0, 0.05) is 7.11 Å². The normalized spacial score (nSPS) is 30.3. The summed E-state index contributed by atoms with van der Waals surface area (Å²) in [6.45, 7) is 4.64. The summed E-state index contributed by atoms with van der Waals surface area (Å²) in [5.41, 5.74) is 0.914. The number of hydrogen-bond donors (Lipinski definition) is 0. The van der Waals surface area contributed by atoms with Crippen LogP contribution < -0.4 is 0 Å². The van der Waals surface area contributed by atoms with Crippen LogP contribution in [0.5, 0.6) is 0 Å². The number of ketones is 1. The van der Waals surface area contributed by atoms with E-state index >= 15 is 0 Å². The molecule has 1 aromatic rings. The van der Waals surface area contributed by atoms with Crippen LogP contribution in [0.2, 0.25) is 0 Å². The Morgan fingerprint density at radius 3 is 2.46 bits per heavy atom. The SMILES string of the molecule is CO[C@@H]1[C@H]2OC(C)(C)O[C@H]2O[C@@H]1C(=O)COS(=O)(=O)c1ccc(C)cc1. The zero-order chi connectivity index (χ0) is 19.1. The van der Waals surface area contributed by atoms with E-state index in [1.807, 2.05) is 6.92 Å². The minimum atomic E-state index is -4.04. The van der Waals surface area contributed by atoms with E-state index in [-0.39, 0.29) is 4.90 Å². The van der Waals surface area contributed by atoms with Crippen LogP contribution >= 0.6 is 0 Å². The van der Waals surface area contributed by atoms with Gasteiger partial charge in [0.15, 0.2) is 24.0 Å². The number of carbonyl (C=O) groups excluding carboxylic acids is 1. The standard InChI is InChI=1S/C17H22O8S/c1-10-5-7-11(8-6-10)26(19,20)22-9-12(18)13-14(21-4)15-16(23-13)25-17(2,3)24-15/h5-8,13-16H,9H2,1-4H3/t13-,14+,15-,16-/m1/s1. The van der Waals surface area contributed by atoms with Crippen molar-refractivity contribution in [2.24, 2.45) is 0 Å². The number of rotatable bonds is 6. The van der Waals surface area contributed by atoms with Crippen LogP contribution in [0.1, 0.15) is 19.4 Å². The van der Waals surface area contributed by atoms with Crippen LogP contribution in [-0.2, 0) is 38.0 Å². The highest BCUT2D eigenvalue weighted by molar-refractivity contribution is 7.86. The van der Waals surface area contributed by atoms with Gasteiger partial charge in [0.05, 0.1) is 4.90 Å². The molecular weight excluding hydrogens is 364 g/mol. The molecule has 2 fully saturated rings. The summed E-state index contributed by atoms with van der Waals surface area (Å²) in [6.07, 6.45) is -3.06. The van der Waals surface area contributed by atoms with Gasteiger partial charge in [-0.15, -0.1) is 0 Å². The van der Waals surface area contributed by atoms with Crippen LogP contribution in [0.25, 0.3) is 0 Å². The molecule has 2 aliphatic heterocycles. The number of hydrogen-bond acceptors (Lipinski definition) is 8. The van der Waals surface area contributed by atoms with Gasteiger partial charge in [-0.3, -0.25) is 8.98 Å². The third kappa shape index (κ3) is 3.83. The van der Waals surface area contributed by atoms with Crippen molar-refractivity contribution >= 4 is 15.9 Å². The summed E-state index contributed by atoms with van der Waals surface area (Å²) in [4.78, 5) is 12.4. The van der Waals surface area contributed by atoms with Crippen LogP contribution in [0.15, 0.2) is 29.2 Å². The monoisotopic (exact) mass is 386 g/mol. The molecule has 0 spiro atoms. The van der Waals surface area contributed by atoms with Gasteiger partial charge < -0.3 is 18.9 Å². The first kappa shape index (κ1) is 19.4. The Morgan fingerprint density at radius 2 is 1.85 bits per heavy atom. The Bertz CT molecular complexity index is 770. The third-order valence-corrected chi connectivity index (χ3v) is 5.52. The molecule has 0 unspecified atom stereocenters. The molecule has 2 aliphatic rings. The number of benzene rings is 1. The van der Waals surface area contributed by atoms with Crippen molar-refractivity contribution in [3.05, 3.63) is 29.8 Å². The smallest absolute Gasteiger partial charge is 0.297 e. The minimum absolute atomic E-state index is 0.0168. The molecule has 0 aromatic heterocycles. The van der Waals surface area contributed by atoms with Crippen LogP contribution in [0.3, 0.4) is 0 Å². The van der Waals surface area contributed by atoms with E-state index in [0.29, 0.717) is 0 Å². The van der Waals surface area contributed by atoms with Gasteiger partial charge in [-0.2, -0.15) is 8.42 Å². The Balaban J connectivity index is 1.64. The second-order valence-electron chi connectivity index (χ2n) is 6.72. The Hall–Kier alpha value is -1.36. The molecule has 26 heavy (non-hydrogen) atoms. The molecule has 0 saturated carbocycles. The van der Waals surface area contributed by atoms with Gasteiger partial charge in [0.25, 0.3) is 10.1 Å². The van der Waals surface area contributed by atoms with Crippen molar-refractivity contribution in [2.75, 3.05) is 13.7 Å². The molecule has 0 aliphatic carbocycles. The molecule has 0 amide bonds. The molecule has 4 atom stereocenters. The fraction of sp³-hybridized carbons (Fsp3) is 0.588. The highest BCUT2D eigenvalue weighted by Gasteiger charge is 2.57.